The molecule has 0 radical (unpaired) electrons. The number of nitrogens with one attached hydrogen (secondary N) is 1. The SMILES string of the molecule is CCCC[C@](C)(OCCC)C(=O)Nc1ccc(O[C@H](C)CC)c2ccccc12. The minimum absolute atomic E-state index is 0.0878. The number of hydrogen-bond acceptors (Lipinski definition) is 3. The Morgan fingerprint density at radius 2 is 1.79 bits per heavy atom. The maximum absolute atomic E-state index is 13.1. The summed E-state index contributed by atoms with van der Waals surface area (Å²) in [7, 11) is 0. The zero-order valence-corrected chi connectivity index (χ0v) is 18.0. The number of benzene rings is 2. The van der Waals surface area contributed by atoms with E-state index < -0.39 is 5.60 Å². The number of ether oxygens (including phenoxy) is 2. The van der Waals surface area contributed by atoms with Crippen LogP contribution in [-0.4, -0.2) is 24.2 Å². The average Bonchev–Trinajstić information content (AvgIpc) is 2.72. The summed E-state index contributed by atoms with van der Waals surface area (Å²) >= 11 is 0. The zero-order chi connectivity index (χ0) is 20.6. The van der Waals surface area contributed by atoms with Crippen molar-refractivity contribution in [3.05, 3.63) is 36.4 Å². The molecule has 0 aliphatic rings. The lowest BCUT2D eigenvalue weighted by atomic mass is 9.97. The molecule has 0 spiro atoms. The molecule has 2 rings (SSSR count). The Kier molecular flexibility index (Phi) is 8.31. The molecule has 0 saturated carbocycles. The van der Waals surface area contributed by atoms with Gasteiger partial charge in [-0.1, -0.05) is 57.9 Å². The van der Waals surface area contributed by atoms with E-state index in [9.17, 15) is 4.79 Å². The summed E-state index contributed by atoms with van der Waals surface area (Å²) in [6, 6.07) is 11.9. The average molecular weight is 386 g/mol. The third-order valence-corrected chi connectivity index (χ3v) is 5.15. The maximum atomic E-state index is 13.1. The van der Waals surface area contributed by atoms with Crippen molar-refractivity contribution in [2.75, 3.05) is 11.9 Å². The molecule has 0 aliphatic heterocycles. The first-order valence-corrected chi connectivity index (χ1v) is 10.6. The Morgan fingerprint density at radius 1 is 1.07 bits per heavy atom. The number of amides is 1. The van der Waals surface area contributed by atoms with Gasteiger partial charge in [0.25, 0.3) is 5.91 Å². The normalized spacial score (nSPS) is 14.5. The fourth-order valence-electron chi connectivity index (χ4n) is 3.13. The number of rotatable bonds is 11. The molecule has 2 atom stereocenters. The quantitative estimate of drug-likeness (QED) is 0.491. The summed E-state index contributed by atoms with van der Waals surface area (Å²) in [4.78, 5) is 13.1. The lowest BCUT2D eigenvalue weighted by molar-refractivity contribution is -0.140. The van der Waals surface area contributed by atoms with E-state index in [0.29, 0.717) is 13.0 Å². The summed E-state index contributed by atoms with van der Waals surface area (Å²) < 4.78 is 12.1. The van der Waals surface area contributed by atoms with E-state index in [4.69, 9.17) is 9.47 Å². The standard InChI is InChI=1S/C24H35NO3/c1-6-9-16-24(5,27-17-7-2)23(26)25-21-14-15-22(28-18(4)8-3)20-13-11-10-12-19(20)21/h10-15,18H,6-9,16-17H2,1-5H3,(H,25,26)/t18-,24+/m1/s1. The molecular weight excluding hydrogens is 350 g/mol. The van der Waals surface area contributed by atoms with Crippen LogP contribution in [0.1, 0.15) is 66.7 Å². The first-order valence-electron chi connectivity index (χ1n) is 10.6. The number of carbonyl (C=O) groups is 1. The minimum atomic E-state index is -0.820. The predicted octanol–water partition coefficient (Wildman–Crippen LogP) is 6.33. The highest BCUT2D eigenvalue weighted by Crippen LogP contribution is 2.33. The van der Waals surface area contributed by atoms with Crippen LogP contribution in [0.3, 0.4) is 0 Å². The second-order valence-corrected chi connectivity index (χ2v) is 7.63. The third-order valence-electron chi connectivity index (χ3n) is 5.15. The van der Waals surface area contributed by atoms with Crippen molar-refractivity contribution in [2.24, 2.45) is 0 Å². The van der Waals surface area contributed by atoms with E-state index in [1.54, 1.807) is 0 Å². The first kappa shape index (κ1) is 22.2. The van der Waals surface area contributed by atoms with E-state index in [1.165, 1.54) is 0 Å². The van der Waals surface area contributed by atoms with Crippen LogP contribution in [0.25, 0.3) is 10.8 Å². The van der Waals surface area contributed by atoms with Crippen LogP contribution in [0.15, 0.2) is 36.4 Å². The topological polar surface area (TPSA) is 47.6 Å². The van der Waals surface area contributed by atoms with E-state index in [-0.39, 0.29) is 12.0 Å². The molecule has 2 aromatic rings. The van der Waals surface area contributed by atoms with E-state index in [1.807, 2.05) is 43.3 Å². The summed E-state index contributed by atoms with van der Waals surface area (Å²) in [5, 5.41) is 5.10. The van der Waals surface area contributed by atoms with Crippen molar-refractivity contribution in [2.45, 2.75) is 78.4 Å². The third kappa shape index (κ3) is 5.48. The Morgan fingerprint density at radius 3 is 2.43 bits per heavy atom. The zero-order valence-electron chi connectivity index (χ0n) is 18.0. The maximum Gasteiger partial charge on any atom is 0.256 e. The number of hydrogen-bond donors (Lipinski definition) is 1. The highest BCUT2D eigenvalue weighted by molar-refractivity contribution is 6.06. The smallest absolute Gasteiger partial charge is 0.256 e. The van der Waals surface area contributed by atoms with E-state index >= 15 is 0 Å². The molecule has 0 fully saturated rings. The second-order valence-electron chi connectivity index (χ2n) is 7.63. The molecule has 0 aliphatic carbocycles. The van der Waals surface area contributed by atoms with Gasteiger partial charge in [-0.3, -0.25) is 4.79 Å². The van der Waals surface area contributed by atoms with Gasteiger partial charge in [0.15, 0.2) is 0 Å². The Hall–Kier alpha value is -2.07. The molecule has 2 aromatic carbocycles. The highest BCUT2D eigenvalue weighted by Gasteiger charge is 2.33. The molecular formula is C24H35NO3. The van der Waals surface area contributed by atoms with Crippen molar-refractivity contribution >= 4 is 22.4 Å². The summed E-state index contributed by atoms with van der Waals surface area (Å²) in [5.74, 6) is 0.758. The van der Waals surface area contributed by atoms with Crippen LogP contribution in [0, 0.1) is 0 Å². The summed E-state index contributed by atoms with van der Waals surface area (Å²) in [6.45, 7) is 10.8. The van der Waals surface area contributed by atoms with Gasteiger partial charge in [-0.15, -0.1) is 0 Å². The van der Waals surface area contributed by atoms with Gasteiger partial charge in [-0.2, -0.15) is 0 Å². The number of anilines is 1. The van der Waals surface area contributed by atoms with Crippen LogP contribution in [0.2, 0.25) is 0 Å². The van der Waals surface area contributed by atoms with Crippen molar-refractivity contribution in [3.63, 3.8) is 0 Å². The van der Waals surface area contributed by atoms with Crippen LogP contribution < -0.4 is 10.1 Å². The largest absolute Gasteiger partial charge is 0.490 e. The fourth-order valence-corrected chi connectivity index (χ4v) is 3.13. The monoisotopic (exact) mass is 385 g/mol. The number of carbonyl (C=O) groups excluding carboxylic acids is 1. The molecule has 4 heteroatoms. The van der Waals surface area contributed by atoms with Crippen molar-refractivity contribution in [1.29, 1.82) is 0 Å². The van der Waals surface area contributed by atoms with E-state index in [0.717, 1.165) is 47.9 Å². The molecule has 154 valence electrons. The van der Waals surface area contributed by atoms with Gasteiger partial charge in [0.05, 0.1) is 6.10 Å². The Balaban J connectivity index is 2.31. The second kappa shape index (κ2) is 10.5. The van der Waals surface area contributed by atoms with Gasteiger partial charge < -0.3 is 14.8 Å². The highest BCUT2D eigenvalue weighted by atomic mass is 16.5. The van der Waals surface area contributed by atoms with Crippen LogP contribution in [-0.2, 0) is 9.53 Å². The lowest BCUT2D eigenvalue weighted by Crippen LogP contribution is -2.43. The number of unbranched alkanes of at least 4 members (excludes halogenated alkanes) is 1. The molecule has 0 heterocycles. The van der Waals surface area contributed by atoms with Crippen molar-refractivity contribution < 1.29 is 14.3 Å². The summed E-state index contributed by atoms with van der Waals surface area (Å²) in [6.07, 6.45) is 4.67. The molecule has 1 amide bonds. The molecule has 0 aromatic heterocycles. The molecule has 0 saturated heterocycles. The summed E-state index contributed by atoms with van der Waals surface area (Å²) in [5.41, 5.74) is -0.0288. The molecule has 28 heavy (non-hydrogen) atoms. The minimum Gasteiger partial charge on any atom is -0.490 e. The predicted molar refractivity (Wildman–Crippen MR) is 117 cm³/mol. The van der Waals surface area contributed by atoms with Gasteiger partial charge in [0, 0.05) is 23.1 Å². The lowest BCUT2D eigenvalue weighted by Gasteiger charge is -2.29. The van der Waals surface area contributed by atoms with Gasteiger partial charge >= 0.3 is 0 Å². The van der Waals surface area contributed by atoms with Crippen LogP contribution in [0.5, 0.6) is 5.75 Å². The fraction of sp³-hybridized carbons (Fsp3) is 0.542. The van der Waals surface area contributed by atoms with Crippen LogP contribution in [0.4, 0.5) is 5.69 Å². The van der Waals surface area contributed by atoms with Gasteiger partial charge in [0.2, 0.25) is 0 Å². The van der Waals surface area contributed by atoms with E-state index in [2.05, 4.69) is 33.0 Å². The van der Waals surface area contributed by atoms with Gasteiger partial charge in [0.1, 0.15) is 11.4 Å². The Labute approximate surface area is 169 Å². The molecule has 0 unspecified atom stereocenters. The molecule has 1 N–H and O–H groups in total. The van der Waals surface area contributed by atoms with Crippen molar-refractivity contribution in [1.82, 2.24) is 0 Å². The number of fused-ring (bicyclic) bond motifs is 1. The van der Waals surface area contributed by atoms with Gasteiger partial charge in [-0.05, 0) is 45.2 Å². The first-order chi connectivity index (χ1) is 13.4. The molecule has 0 bridgehead atoms. The Bertz CT molecular complexity index is 764. The van der Waals surface area contributed by atoms with Crippen LogP contribution >= 0.6 is 0 Å². The van der Waals surface area contributed by atoms with Gasteiger partial charge in [-0.25, -0.2) is 0 Å². The van der Waals surface area contributed by atoms with Crippen molar-refractivity contribution in [3.8, 4) is 5.75 Å². The molecule has 4 nitrogen and oxygen atoms in total.